The topological polar surface area (TPSA) is 161 Å². The van der Waals surface area contributed by atoms with E-state index in [2.05, 4.69) is 9.71 Å². The number of amides is 1. The summed E-state index contributed by atoms with van der Waals surface area (Å²) in [6.07, 6.45) is 2.04. The summed E-state index contributed by atoms with van der Waals surface area (Å²) in [4.78, 5) is 28.8. The lowest BCUT2D eigenvalue weighted by atomic mass is 10.0. The predicted molar refractivity (Wildman–Crippen MR) is 153 cm³/mol. The summed E-state index contributed by atoms with van der Waals surface area (Å²) >= 11 is 0. The number of hydrogen-bond donors (Lipinski definition) is 3. The zero-order chi connectivity index (χ0) is 28.7. The molecule has 214 valence electrons. The number of aryl methyl sites for hydroxylation is 1. The van der Waals surface area contributed by atoms with Gasteiger partial charge in [-0.25, -0.2) is 31.1 Å². The number of aromatic amines is 1. The van der Waals surface area contributed by atoms with Crippen LogP contribution in [0, 0.1) is 5.82 Å². The summed E-state index contributed by atoms with van der Waals surface area (Å²) in [5.41, 5.74) is 0.672. The average molecular weight is 591 g/mol. The minimum atomic E-state index is -4.17. The van der Waals surface area contributed by atoms with E-state index in [0.29, 0.717) is 17.3 Å². The van der Waals surface area contributed by atoms with Gasteiger partial charge < -0.3 is 9.55 Å². The van der Waals surface area contributed by atoms with E-state index in [4.69, 9.17) is 5.14 Å². The zero-order valence-electron chi connectivity index (χ0n) is 21.4. The first-order valence-electron chi connectivity index (χ1n) is 11.9. The van der Waals surface area contributed by atoms with Crippen molar-refractivity contribution in [2.45, 2.75) is 51.3 Å². The maximum Gasteiger partial charge on any atom is 0.282 e. The maximum absolute atomic E-state index is 15.0. The van der Waals surface area contributed by atoms with Crippen LogP contribution in [0.1, 0.15) is 49.8 Å². The number of carbonyl (C=O) groups is 1. The molecule has 0 radical (unpaired) electrons. The van der Waals surface area contributed by atoms with Crippen molar-refractivity contribution < 1.29 is 26.0 Å². The van der Waals surface area contributed by atoms with Gasteiger partial charge in [0, 0.05) is 33.8 Å². The number of rotatable bonds is 8. The first kappa shape index (κ1) is 30.7. The third kappa shape index (κ3) is 5.86. The van der Waals surface area contributed by atoms with Crippen molar-refractivity contribution in [3.8, 4) is 11.1 Å². The molecule has 0 aliphatic rings. The molecule has 4 aromatic rings. The van der Waals surface area contributed by atoms with Crippen molar-refractivity contribution in [2.75, 3.05) is 0 Å². The van der Waals surface area contributed by atoms with Gasteiger partial charge >= 0.3 is 0 Å². The first-order valence-corrected chi connectivity index (χ1v) is 15.0. The fourth-order valence-electron chi connectivity index (χ4n) is 4.23. The number of aromatic nitrogens is 2. The molecule has 0 bridgehead atoms. The Morgan fingerprint density at radius 1 is 1.10 bits per heavy atom. The number of nitrogens with two attached hydrogens (primary N) is 1. The van der Waals surface area contributed by atoms with E-state index in [-0.39, 0.29) is 41.3 Å². The van der Waals surface area contributed by atoms with E-state index < -0.39 is 42.6 Å². The molecule has 0 atom stereocenters. The van der Waals surface area contributed by atoms with E-state index in [1.807, 2.05) is 6.92 Å². The van der Waals surface area contributed by atoms with Gasteiger partial charge in [-0.1, -0.05) is 20.4 Å². The van der Waals surface area contributed by atoms with E-state index >= 15 is 0 Å². The summed E-state index contributed by atoms with van der Waals surface area (Å²) in [7, 11) is -8.27. The second-order valence-corrected chi connectivity index (χ2v) is 13.0. The third-order valence-corrected chi connectivity index (χ3v) is 8.99. The molecule has 40 heavy (non-hydrogen) atoms. The van der Waals surface area contributed by atoms with E-state index in [0.717, 1.165) is 23.8 Å². The zero-order valence-corrected chi connectivity index (χ0v) is 23.0. The number of H-pyrrole nitrogens is 1. The molecule has 2 aromatic heterocycles. The Kier molecular flexibility index (Phi) is 8.72. The van der Waals surface area contributed by atoms with Gasteiger partial charge in [0.25, 0.3) is 11.5 Å². The van der Waals surface area contributed by atoms with Crippen LogP contribution in [0.4, 0.5) is 4.39 Å². The molecule has 0 saturated carbocycles. The van der Waals surface area contributed by atoms with Gasteiger partial charge in [-0.2, -0.15) is 0 Å². The number of nitrogens with zero attached hydrogens (tertiary/aromatic N) is 1. The molecule has 0 saturated heterocycles. The largest absolute Gasteiger partial charge is 0.331 e. The number of fused-ring (bicyclic) bond motifs is 1. The van der Waals surface area contributed by atoms with Crippen LogP contribution in [0.15, 0.2) is 64.4 Å². The van der Waals surface area contributed by atoms with Gasteiger partial charge in [-0.15, -0.1) is 0 Å². The van der Waals surface area contributed by atoms with Crippen LogP contribution in [-0.2, 0) is 33.0 Å². The number of pyridine rings is 1. The van der Waals surface area contributed by atoms with E-state index in [1.54, 1.807) is 24.3 Å². The monoisotopic (exact) mass is 590 g/mol. The SMILES string of the molecule is C.CCc1ccc2c(c1)c(-c1ccc[nH]c1=O)c(C(=O)NS(=O)(=O)C(C)C)n2Cc1cc(S(N)(=O)=O)ccc1F. The van der Waals surface area contributed by atoms with Gasteiger partial charge in [0.05, 0.1) is 16.7 Å². The molecule has 0 aliphatic heterocycles. The lowest BCUT2D eigenvalue weighted by molar-refractivity contribution is 0.0973. The summed E-state index contributed by atoms with van der Waals surface area (Å²) < 4.78 is 67.6. The van der Waals surface area contributed by atoms with Gasteiger partial charge in [0.15, 0.2) is 0 Å². The molecule has 4 rings (SSSR count). The van der Waals surface area contributed by atoms with Crippen LogP contribution in [0.25, 0.3) is 22.0 Å². The number of halogens is 1. The number of benzene rings is 2. The molecule has 0 unspecified atom stereocenters. The molecule has 0 spiro atoms. The van der Waals surface area contributed by atoms with Crippen molar-refractivity contribution in [1.29, 1.82) is 0 Å². The van der Waals surface area contributed by atoms with Crippen LogP contribution < -0.4 is 15.4 Å². The van der Waals surface area contributed by atoms with Crippen molar-refractivity contribution >= 4 is 36.9 Å². The van der Waals surface area contributed by atoms with Gasteiger partial charge in [-0.3, -0.25) is 9.59 Å². The minimum absolute atomic E-state index is 0. The highest BCUT2D eigenvalue weighted by Crippen LogP contribution is 2.35. The maximum atomic E-state index is 15.0. The number of sulfonamides is 2. The molecule has 4 N–H and O–H groups in total. The molecule has 13 heteroatoms. The Balaban J connectivity index is 0.00000441. The minimum Gasteiger partial charge on any atom is -0.331 e. The van der Waals surface area contributed by atoms with Crippen molar-refractivity contribution in [2.24, 2.45) is 5.14 Å². The summed E-state index contributed by atoms with van der Waals surface area (Å²) in [5, 5.41) is 4.75. The van der Waals surface area contributed by atoms with E-state index in [1.165, 1.54) is 30.7 Å². The molecule has 10 nitrogen and oxygen atoms in total. The standard InChI is InChI=1S/C26H27FN4O6S2.CH4/c1-4-16-7-10-22-20(12-16)23(19-6-5-11-29-25(19)32)24(26(33)30-39(36,37)15(2)3)31(22)14-17-13-18(38(28,34)35)8-9-21(17)27;/h5-13,15H,4,14H2,1-3H3,(H,29,32)(H,30,33)(H2,28,34,35);1H4. The van der Waals surface area contributed by atoms with Crippen LogP contribution >= 0.6 is 0 Å². The van der Waals surface area contributed by atoms with Crippen LogP contribution in [0.2, 0.25) is 0 Å². The quantitative estimate of drug-likeness (QED) is 0.285. The molecule has 2 aromatic carbocycles. The second kappa shape index (κ2) is 11.4. The van der Waals surface area contributed by atoms with E-state index in [9.17, 15) is 30.8 Å². The highest BCUT2D eigenvalue weighted by molar-refractivity contribution is 7.90. The Hall–Kier alpha value is -3.81. The molecule has 0 fully saturated rings. The number of carbonyl (C=O) groups excluding carboxylic acids is 1. The van der Waals surface area contributed by atoms with Crippen LogP contribution in [-0.4, -0.2) is 37.5 Å². The first-order chi connectivity index (χ1) is 18.2. The molecular weight excluding hydrogens is 559 g/mol. The summed E-state index contributed by atoms with van der Waals surface area (Å²) in [5.74, 6) is -1.80. The number of primary sulfonamides is 1. The lowest BCUT2D eigenvalue weighted by Crippen LogP contribution is -2.37. The summed E-state index contributed by atoms with van der Waals surface area (Å²) in [6, 6.07) is 11.3. The van der Waals surface area contributed by atoms with Crippen molar-refractivity contribution in [3.63, 3.8) is 0 Å². The highest BCUT2D eigenvalue weighted by atomic mass is 32.2. The van der Waals surface area contributed by atoms with Crippen LogP contribution in [0.3, 0.4) is 0 Å². The smallest absolute Gasteiger partial charge is 0.282 e. The van der Waals surface area contributed by atoms with Crippen molar-refractivity contribution in [3.05, 3.63) is 87.7 Å². The summed E-state index contributed by atoms with van der Waals surface area (Å²) in [6.45, 7) is 4.35. The Labute approximate surface area is 232 Å². The normalized spacial score (nSPS) is 11.9. The van der Waals surface area contributed by atoms with Gasteiger partial charge in [0.1, 0.15) is 11.5 Å². The van der Waals surface area contributed by atoms with Crippen molar-refractivity contribution in [1.82, 2.24) is 14.3 Å². The Morgan fingerprint density at radius 3 is 2.40 bits per heavy atom. The van der Waals surface area contributed by atoms with Gasteiger partial charge in [-0.05, 0) is 68.3 Å². The van der Waals surface area contributed by atoms with Gasteiger partial charge in [0.2, 0.25) is 20.0 Å². The lowest BCUT2D eigenvalue weighted by Gasteiger charge is -2.15. The second-order valence-electron chi connectivity index (χ2n) is 9.25. The Morgan fingerprint density at radius 2 is 1.80 bits per heavy atom. The molecule has 2 heterocycles. The molecule has 1 amide bonds. The Bertz CT molecular complexity index is 1880. The average Bonchev–Trinajstić information content (AvgIpc) is 3.17. The fraction of sp³-hybridized carbons (Fsp3) is 0.259. The number of nitrogens with one attached hydrogen (secondary N) is 2. The predicted octanol–water partition coefficient (Wildman–Crippen LogP) is 3.50. The highest BCUT2D eigenvalue weighted by Gasteiger charge is 2.29. The molecular formula is C27H31FN4O6S2. The number of hydrogen-bond acceptors (Lipinski definition) is 6. The molecule has 0 aliphatic carbocycles. The fourth-order valence-corrected chi connectivity index (χ4v) is 5.38. The van der Waals surface area contributed by atoms with Crippen LogP contribution in [0.5, 0.6) is 0 Å². The third-order valence-electron chi connectivity index (χ3n) is 6.37.